The van der Waals surface area contributed by atoms with E-state index in [2.05, 4.69) is 30.5 Å². The molecular formula is C11H12OS. The summed E-state index contributed by atoms with van der Waals surface area (Å²) >= 11 is 1.78. The lowest BCUT2D eigenvalue weighted by atomic mass is 10.1. The van der Waals surface area contributed by atoms with Gasteiger partial charge in [-0.3, -0.25) is 0 Å². The van der Waals surface area contributed by atoms with Gasteiger partial charge in [-0.25, -0.2) is 0 Å². The van der Waals surface area contributed by atoms with Gasteiger partial charge in [-0.15, -0.1) is 11.3 Å². The van der Waals surface area contributed by atoms with Crippen molar-refractivity contribution in [2.45, 2.75) is 13.5 Å². The van der Waals surface area contributed by atoms with E-state index < -0.39 is 0 Å². The molecule has 0 aliphatic heterocycles. The van der Waals surface area contributed by atoms with Gasteiger partial charge in [0.15, 0.2) is 0 Å². The van der Waals surface area contributed by atoms with Gasteiger partial charge in [0.2, 0.25) is 0 Å². The van der Waals surface area contributed by atoms with E-state index in [-0.39, 0.29) is 0 Å². The zero-order chi connectivity index (χ0) is 9.26. The molecule has 68 valence electrons. The van der Waals surface area contributed by atoms with Crippen LogP contribution in [0.15, 0.2) is 23.6 Å². The first-order chi connectivity index (χ1) is 6.31. The van der Waals surface area contributed by atoms with Crippen molar-refractivity contribution < 1.29 is 4.74 Å². The summed E-state index contributed by atoms with van der Waals surface area (Å²) in [5, 5.41) is 3.51. The lowest BCUT2D eigenvalue weighted by Crippen LogP contribution is -1.84. The molecule has 0 N–H and O–H groups in total. The minimum absolute atomic E-state index is 0.712. The highest BCUT2D eigenvalue weighted by atomic mass is 32.1. The molecule has 1 nitrogen and oxygen atoms in total. The fourth-order valence-corrected chi connectivity index (χ4v) is 2.39. The molecular weight excluding hydrogens is 180 g/mol. The standard InChI is InChI=1S/C11H12OS/c1-8-3-4-11-10(5-8)9(6-12-2)7-13-11/h3-5,7H,6H2,1-2H3. The van der Waals surface area contributed by atoms with Crippen LogP contribution in [0.1, 0.15) is 11.1 Å². The van der Waals surface area contributed by atoms with Crippen molar-refractivity contribution in [3.63, 3.8) is 0 Å². The third-order valence-electron chi connectivity index (χ3n) is 2.11. The van der Waals surface area contributed by atoms with Crippen LogP contribution in [0, 0.1) is 6.92 Å². The molecule has 2 aromatic rings. The maximum Gasteiger partial charge on any atom is 0.0727 e. The molecule has 0 radical (unpaired) electrons. The van der Waals surface area contributed by atoms with Crippen molar-refractivity contribution in [3.8, 4) is 0 Å². The second-order valence-electron chi connectivity index (χ2n) is 3.19. The molecule has 0 bridgehead atoms. The molecule has 0 fully saturated rings. The Morgan fingerprint density at radius 2 is 2.23 bits per heavy atom. The molecule has 0 spiro atoms. The molecule has 0 saturated carbocycles. The third-order valence-corrected chi connectivity index (χ3v) is 3.12. The second kappa shape index (κ2) is 3.48. The number of benzene rings is 1. The zero-order valence-electron chi connectivity index (χ0n) is 7.83. The minimum Gasteiger partial charge on any atom is -0.380 e. The van der Waals surface area contributed by atoms with E-state index >= 15 is 0 Å². The monoisotopic (exact) mass is 192 g/mol. The van der Waals surface area contributed by atoms with Crippen LogP contribution in [0.4, 0.5) is 0 Å². The van der Waals surface area contributed by atoms with E-state index in [1.165, 1.54) is 21.2 Å². The Labute approximate surface area is 82.0 Å². The van der Waals surface area contributed by atoms with Crippen LogP contribution in [-0.4, -0.2) is 7.11 Å². The summed E-state index contributed by atoms with van der Waals surface area (Å²) in [6, 6.07) is 6.55. The van der Waals surface area contributed by atoms with Crippen LogP contribution in [0.25, 0.3) is 10.1 Å². The lowest BCUT2D eigenvalue weighted by molar-refractivity contribution is 0.186. The van der Waals surface area contributed by atoms with Crippen LogP contribution >= 0.6 is 11.3 Å². The summed E-state index contributed by atoms with van der Waals surface area (Å²) in [7, 11) is 1.74. The molecule has 0 amide bonds. The molecule has 0 saturated heterocycles. The highest BCUT2D eigenvalue weighted by Gasteiger charge is 2.02. The first-order valence-electron chi connectivity index (χ1n) is 4.27. The van der Waals surface area contributed by atoms with Crippen LogP contribution in [0.2, 0.25) is 0 Å². The topological polar surface area (TPSA) is 9.23 Å². The Hall–Kier alpha value is -0.860. The number of aryl methyl sites for hydroxylation is 1. The van der Waals surface area contributed by atoms with Gasteiger partial charge in [0.05, 0.1) is 6.61 Å². The molecule has 2 heteroatoms. The average Bonchev–Trinajstić information content (AvgIpc) is 2.49. The second-order valence-corrected chi connectivity index (χ2v) is 4.10. The van der Waals surface area contributed by atoms with Gasteiger partial charge in [-0.2, -0.15) is 0 Å². The van der Waals surface area contributed by atoms with Gasteiger partial charge in [0.25, 0.3) is 0 Å². The van der Waals surface area contributed by atoms with E-state index in [0.29, 0.717) is 6.61 Å². The Morgan fingerprint density at radius 3 is 3.00 bits per heavy atom. The SMILES string of the molecule is COCc1csc2ccc(C)cc12. The summed E-state index contributed by atoms with van der Waals surface area (Å²) in [5.74, 6) is 0. The van der Waals surface area contributed by atoms with Crippen molar-refractivity contribution in [2.75, 3.05) is 7.11 Å². The number of rotatable bonds is 2. The molecule has 2 rings (SSSR count). The number of hydrogen-bond donors (Lipinski definition) is 0. The highest BCUT2D eigenvalue weighted by Crippen LogP contribution is 2.27. The first-order valence-corrected chi connectivity index (χ1v) is 5.15. The van der Waals surface area contributed by atoms with Crippen molar-refractivity contribution >= 4 is 21.4 Å². The lowest BCUT2D eigenvalue weighted by Gasteiger charge is -1.97. The average molecular weight is 192 g/mol. The predicted molar refractivity (Wildman–Crippen MR) is 57.3 cm³/mol. The molecule has 0 atom stereocenters. The van der Waals surface area contributed by atoms with Gasteiger partial charge in [0, 0.05) is 11.8 Å². The zero-order valence-corrected chi connectivity index (χ0v) is 8.65. The largest absolute Gasteiger partial charge is 0.380 e. The van der Waals surface area contributed by atoms with Gasteiger partial charge >= 0.3 is 0 Å². The summed E-state index contributed by atoms with van der Waals surface area (Å²) in [5.41, 5.74) is 2.61. The molecule has 1 aromatic heterocycles. The van der Waals surface area contributed by atoms with Crippen LogP contribution < -0.4 is 0 Å². The number of hydrogen-bond acceptors (Lipinski definition) is 2. The van der Waals surface area contributed by atoms with Crippen molar-refractivity contribution in [3.05, 3.63) is 34.7 Å². The maximum atomic E-state index is 5.14. The van der Waals surface area contributed by atoms with Crippen LogP contribution in [-0.2, 0) is 11.3 Å². The smallest absolute Gasteiger partial charge is 0.0727 e. The van der Waals surface area contributed by atoms with Gasteiger partial charge in [-0.1, -0.05) is 17.7 Å². The molecule has 13 heavy (non-hydrogen) atoms. The van der Waals surface area contributed by atoms with Crippen LogP contribution in [0.3, 0.4) is 0 Å². The van der Waals surface area contributed by atoms with Crippen molar-refractivity contribution in [1.29, 1.82) is 0 Å². The number of thiophene rings is 1. The molecule has 0 aliphatic rings. The minimum atomic E-state index is 0.712. The number of fused-ring (bicyclic) bond motifs is 1. The van der Waals surface area contributed by atoms with Gasteiger partial charge in [0.1, 0.15) is 0 Å². The first kappa shape index (κ1) is 8.73. The maximum absolute atomic E-state index is 5.14. The normalized spacial score (nSPS) is 10.9. The van der Waals surface area contributed by atoms with E-state index in [0.717, 1.165) is 0 Å². The molecule has 0 aliphatic carbocycles. The van der Waals surface area contributed by atoms with Crippen molar-refractivity contribution in [1.82, 2.24) is 0 Å². The predicted octanol–water partition coefficient (Wildman–Crippen LogP) is 3.36. The fourth-order valence-electron chi connectivity index (χ4n) is 1.46. The third kappa shape index (κ3) is 1.60. The quantitative estimate of drug-likeness (QED) is 0.709. The highest BCUT2D eigenvalue weighted by molar-refractivity contribution is 7.17. The number of methoxy groups -OCH3 is 1. The van der Waals surface area contributed by atoms with Gasteiger partial charge < -0.3 is 4.74 Å². The Morgan fingerprint density at radius 1 is 1.38 bits per heavy atom. The van der Waals surface area contributed by atoms with Gasteiger partial charge in [-0.05, 0) is 29.3 Å². The van der Waals surface area contributed by atoms with Crippen molar-refractivity contribution in [2.24, 2.45) is 0 Å². The molecule has 1 heterocycles. The Balaban J connectivity index is 2.58. The summed E-state index contributed by atoms with van der Waals surface area (Å²) in [4.78, 5) is 0. The summed E-state index contributed by atoms with van der Waals surface area (Å²) < 4.78 is 6.49. The number of ether oxygens (including phenoxy) is 1. The van der Waals surface area contributed by atoms with E-state index in [1.807, 2.05) is 0 Å². The molecule has 0 unspecified atom stereocenters. The fraction of sp³-hybridized carbons (Fsp3) is 0.273. The summed E-state index contributed by atoms with van der Waals surface area (Å²) in [6.45, 7) is 2.83. The van der Waals surface area contributed by atoms with E-state index in [4.69, 9.17) is 4.74 Å². The Kier molecular flexibility index (Phi) is 2.34. The van der Waals surface area contributed by atoms with Crippen LogP contribution in [0.5, 0.6) is 0 Å². The van der Waals surface area contributed by atoms with E-state index in [9.17, 15) is 0 Å². The van der Waals surface area contributed by atoms with E-state index in [1.54, 1.807) is 18.4 Å². The Bertz CT molecular complexity index is 417. The summed E-state index contributed by atoms with van der Waals surface area (Å²) in [6.07, 6.45) is 0. The molecule has 1 aromatic carbocycles.